The standard InChI is InChI=1S/C21H22N4O/c1-14-8-7-9-15(2)20(14)23-21(26)18-12-13-19(25-24-18)22-16(3)17-10-5-4-6-11-17/h4-13,16H,1-3H3,(H,22,25)(H,23,26). The highest BCUT2D eigenvalue weighted by molar-refractivity contribution is 6.03. The minimum Gasteiger partial charge on any atom is -0.362 e. The lowest BCUT2D eigenvalue weighted by Gasteiger charge is -2.14. The third kappa shape index (κ3) is 4.06. The molecule has 1 unspecified atom stereocenters. The van der Waals surface area contributed by atoms with Crippen molar-refractivity contribution >= 4 is 17.4 Å². The topological polar surface area (TPSA) is 66.9 Å². The van der Waals surface area contributed by atoms with Crippen LogP contribution >= 0.6 is 0 Å². The Kier molecular flexibility index (Phi) is 5.27. The van der Waals surface area contributed by atoms with Gasteiger partial charge in [-0.25, -0.2) is 0 Å². The quantitative estimate of drug-likeness (QED) is 0.713. The average Bonchev–Trinajstić information content (AvgIpc) is 2.66. The first-order valence-corrected chi connectivity index (χ1v) is 8.57. The molecule has 3 aromatic rings. The van der Waals surface area contributed by atoms with Crippen LogP contribution in [0.1, 0.15) is 40.1 Å². The summed E-state index contributed by atoms with van der Waals surface area (Å²) in [6.07, 6.45) is 0. The maximum atomic E-state index is 12.4. The first-order chi connectivity index (χ1) is 12.5. The van der Waals surface area contributed by atoms with Gasteiger partial charge in [0.25, 0.3) is 5.91 Å². The van der Waals surface area contributed by atoms with Gasteiger partial charge in [0.1, 0.15) is 5.82 Å². The molecule has 5 nitrogen and oxygen atoms in total. The van der Waals surface area contributed by atoms with Gasteiger partial charge >= 0.3 is 0 Å². The van der Waals surface area contributed by atoms with Crippen molar-refractivity contribution in [3.8, 4) is 0 Å². The summed E-state index contributed by atoms with van der Waals surface area (Å²) in [4.78, 5) is 12.4. The predicted octanol–water partition coefficient (Wildman–Crippen LogP) is 4.52. The van der Waals surface area contributed by atoms with E-state index >= 15 is 0 Å². The second kappa shape index (κ2) is 7.78. The van der Waals surface area contributed by atoms with Crippen LogP contribution in [-0.2, 0) is 0 Å². The molecule has 132 valence electrons. The molecule has 0 fully saturated rings. The van der Waals surface area contributed by atoms with Crippen molar-refractivity contribution < 1.29 is 4.79 Å². The first kappa shape index (κ1) is 17.6. The molecule has 0 aliphatic rings. The number of nitrogens with zero attached hydrogens (tertiary/aromatic N) is 2. The summed E-state index contributed by atoms with van der Waals surface area (Å²) in [5, 5.41) is 14.4. The molecular formula is C21H22N4O. The molecule has 0 aliphatic heterocycles. The van der Waals surface area contributed by atoms with Gasteiger partial charge in [-0.2, -0.15) is 0 Å². The van der Waals surface area contributed by atoms with Crippen molar-refractivity contribution in [1.82, 2.24) is 10.2 Å². The largest absolute Gasteiger partial charge is 0.362 e. The second-order valence-electron chi connectivity index (χ2n) is 6.30. The Labute approximate surface area is 153 Å². The lowest BCUT2D eigenvalue weighted by atomic mass is 10.1. The van der Waals surface area contributed by atoms with Gasteiger partial charge in [0.15, 0.2) is 5.69 Å². The maximum Gasteiger partial charge on any atom is 0.276 e. The Morgan fingerprint density at radius 2 is 1.58 bits per heavy atom. The van der Waals surface area contributed by atoms with Gasteiger partial charge in [-0.3, -0.25) is 4.79 Å². The van der Waals surface area contributed by atoms with E-state index in [0.717, 1.165) is 22.4 Å². The Morgan fingerprint density at radius 3 is 2.19 bits per heavy atom. The van der Waals surface area contributed by atoms with Gasteiger partial charge in [0.2, 0.25) is 0 Å². The maximum absolute atomic E-state index is 12.4. The molecule has 1 amide bonds. The molecule has 0 radical (unpaired) electrons. The van der Waals surface area contributed by atoms with Crippen molar-refractivity contribution in [1.29, 1.82) is 0 Å². The first-order valence-electron chi connectivity index (χ1n) is 8.57. The number of nitrogens with one attached hydrogen (secondary N) is 2. The Morgan fingerprint density at radius 1 is 0.885 bits per heavy atom. The molecule has 1 heterocycles. The van der Waals surface area contributed by atoms with E-state index in [2.05, 4.69) is 39.9 Å². The van der Waals surface area contributed by atoms with Crippen molar-refractivity contribution in [2.75, 3.05) is 10.6 Å². The fourth-order valence-electron chi connectivity index (χ4n) is 2.77. The number of para-hydroxylation sites is 1. The van der Waals surface area contributed by atoms with Crippen molar-refractivity contribution in [3.05, 3.63) is 83.0 Å². The van der Waals surface area contributed by atoms with Crippen LogP contribution < -0.4 is 10.6 Å². The number of anilines is 2. The Balaban J connectivity index is 1.68. The molecule has 1 aromatic heterocycles. The van der Waals surface area contributed by atoms with Crippen LogP contribution in [-0.4, -0.2) is 16.1 Å². The van der Waals surface area contributed by atoms with Crippen LogP contribution in [0.3, 0.4) is 0 Å². The van der Waals surface area contributed by atoms with Gasteiger partial charge in [-0.15, -0.1) is 10.2 Å². The fourth-order valence-corrected chi connectivity index (χ4v) is 2.77. The molecule has 0 bridgehead atoms. The molecule has 26 heavy (non-hydrogen) atoms. The van der Waals surface area contributed by atoms with E-state index in [1.54, 1.807) is 12.1 Å². The molecule has 0 saturated carbocycles. The fraction of sp³-hybridized carbons (Fsp3) is 0.190. The highest BCUT2D eigenvalue weighted by Crippen LogP contribution is 2.20. The molecule has 3 rings (SSSR count). The summed E-state index contributed by atoms with van der Waals surface area (Å²) in [5.41, 5.74) is 4.29. The lowest BCUT2D eigenvalue weighted by Crippen LogP contribution is -2.16. The smallest absolute Gasteiger partial charge is 0.276 e. The van der Waals surface area contributed by atoms with E-state index in [1.807, 2.05) is 50.2 Å². The van der Waals surface area contributed by atoms with Gasteiger partial charge in [0.05, 0.1) is 0 Å². The molecule has 0 saturated heterocycles. The molecule has 5 heteroatoms. The molecule has 1 atom stereocenters. The second-order valence-corrected chi connectivity index (χ2v) is 6.30. The minimum atomic E-state index is -0.266. The van der Waals surface area contributed by atoms with E-state index in [1.165, 1.54) is 0 Å². The predicted molar refractivity (Wildman–Crippen MR) is 104 cm³/mol. The van der Waals surface area contributed by atoms with E-state index in [9.17, 15) is 4.79 Å². The number of carbonyl (C=O) groups excluding carboxylic acids is 1. The van der Waals surface area contributed by atoms with Crippen molar-refractivity contribution in [2.45, 2.75) is 26.8 Å². The number of amides is 1. The number of rotatable bonds is 5. The number of hydrogen-bond donors (Lipinski definition) is 2. The number of benzene rings is 2. The lowest BCUT2D eigenvalue weighted by molar-refractivity contribution is 0.102. The number of aryl methyl sites for hydroxylation is 2. The molecule has 2 N–H and O–H groups in total. The monoisotopic (exact) mass is 346 g/mol. The molecule has 2 aromatic carbocycles. The van der Waals surface area contributed by atoms with E-state index < -0.39 is 0 Å². The molecular weight excluding hydrogens is 324 g/mol. The summed E-state index contributed by atoms with van der Waals surface area (Å²) in [6, 6.07) is 19.5. The summed E-state index contributed by atoms with van der Waals surface area (Å²) >= 11 is 0. The zero-order chi connectivity index (χ0) is 18.5. The molecule has 0 spiro atoms. The van der Waals surface area contributed by atoms with Crippen LogP contribution in [0.25, 0.3) is 0 Å². The zero-order valence-electron chi connectivity index (χ0n) is 15.2. The average molecular weight is 346 g/mol. The van der Waals surface area contributed by atoms with E-state index in [-0.39, 0.29) is 17.6 Å². The normalized spacial score (nSPS) is 11.7. The Bertz CT molecular complexity index is 871. The van der Waals surface area contributed by atoms with Gasteiger partial charge in [-0.05, 0) is 49.6 Å². The summed E-state index contributed by atoms with van der Waals surface area (Å²) in [7, 11) is 0. The van der Waals surface area contributed by atoms with Crippen LogP contribution in [0.15, 0.2) is 60.7 Å². The molecule has 0 aliphatic carbocycles. The Hall–Kier alpha value is -3.21. The SMILES string of the molecule is Cc1cccc(C)c1NC(=O)c1ccc(NC(C)c2ccccc2)nn1. The van der Waals surface area contributed by atoms with Crippen LogP contribution in [0.5, 0.6) is 0 Å². The number of aromatic nitrogens is 2. The van der Waals surface area contributed by atoms with Crippen LogP contribution in [0.4, 0.5) is 11.5 Å². The summed E-state index contributed by atoms with van der Waals surface area (Å²) in [5.74, 6) is 0.363. The summed E-state index contributed by atoms with van der Waals surface area (Å²) in [6.45, 7) is 5.98. The number of hydrogen-bond acceptors (Lipinski definition) is 4. The van der Waals surface area contributed by atoms with Crippen LogP contribution in [0, 0.1) is 13.8 Å². The summed E-state index contributed by atoms with van der Waals surface area (Å²) < 4.78 is 0. The number of carbonyl (C=O) groups is 1. The third-order valence-corrected chi connectivity index (χ3v) is 4.28. The van der Waals surface area contributed by atoms with E-state index in [4.69, 9.17) is 0 Å². The van der Waals surface area contributed by atoms with Gasteiger partial charge < -0.3 is 10.6 Å². The van der Waals surface area contributed by atoms with Crippen molar-refractivity contribution in [3.63, 3.8) is 0 Å². The van der Waals surface area contributed by atoms with Crippen LogP contribution in [0.2, 0.25) is 0 Å². The van der Waals surface area contributed by atoms with E-state index in [0.29, 0.717) is 5.82 Å². The minimum absolute atomic E-state index is 0.0970. The van der Waals surface area contributed by atoms with Gasteiger partial charge in [0, 0.05) is 11.7 Å². The highest BCUT2D eigenvalue weighted by atomic mass is 16.1. The van der Waals surface area contributed by atoms with Crippen molar-refractivity contribution in [2.24, 2.45) is 0 Å². The van der Waals surface area contributed by atoms with Gasteiger partial charge in [-0.1, -0.05) is 48.5 Å². The zero-order valence-corrected chi connectivity index (χ0v) is 15.2. The third-order valence-electron chi connectivity index (χ3n) is 4.28. The highest BCUT2D eigenvalue weighted by Gasteiger charge is 2.12.